The van der Waals surface area contributed by atoms with Gasteiger partial charge in [-0.2, -0.15) is 11.8 Å². The van der Waals surface area contributed by atoms with Gasteiger partial charge in [-0.1, -0.05) is 19.3 Å². The first kappa shape index (κ1) is 14.3. The van der Waals surface area contributed by atoms with Gasteiger partial charge in [0.2, 0.25) is 0 Å². The van der Waals surface area contributed by atoms with E-state index in [0.29, 0.717) is 12.0 Å². The van der Waals surface area contributed by atoms with Crippen molar-refractivity contribution in [3.05, 3.63) is 11.5 Å². The number of hydrogen-bond acceptors (Lipinski definition) is 3. The van der Waals surface area contributed by atoms with Crippen LogP contribution in [0.5, 0.6) is 0 Å². The van der Waals surface area contributed by atoms with E-state index in [1.54, 1.807) is 0 Å². The topological polar surface area (TPSA) is 43.8 Å². The zero-order valence-electron chi connectivity index (χ0n) is 12.6. The van der Waals surface area contributed by atoms with Crippen molar-refractivity contribution >= 4 is 17.6 Å². The minimum absolute atomic E-state index is 0.661. The molecular formula is C16H27N3S. The van der Waals surface area contributed by atoms with E-state index in [1.165, 1.54) is 68.6 Å². The summed E-state index contributed by atoms with van der Waals surface area (Å²) in [7, 11) is 0. The second-order valence-corrected chi connectivity index (χ2v) is 7.32. The van der Waals surface area contributed by atoms with Gasteiger partial charge < -0.3 is 10.3 Å². The predicted molar refractivity (Wildman–Crippen MR) is 87.4 cm³/mol. The highest BCUT2D eigenvalue weighted by molar-refractivity contribution is 7.98. The number of imidazole rings is 1. The van der Waals surface area contributed by atoms with Crippen molar-refractivity contribution in [3.8, 4) is 0 Å². The molecule has 2 fully saturated rings. The zero-order chi connectivity index (χ0) is 13.9. The van der Waals surface area contributed by atoms with Crippen molar-refractivity contribution in [2.45, 2.75) is 69.7 Å². The van der Waals surface area contributed by atoms with Crippen LogP contribution in [0.15, 0.2) is 0 Å². The molecule has 0 atom stereocenters. The Morgan fingerprint density at radius 3 is 2.60 bits per heavy atom. The molecule has 0 spiro atoms. The number of hydrogen-bond donors (Lipinski definition) is 1. The van der Waals surface area contributed by atoms with Crippen LogP contribution in [0.4, 0.5) is 5.82 Å². The quantitative estimate of drug-likeness (QED) is 0.802. The summed E-state index contributed by atoms with van der Waals surface area (Å²) in [6, 6.07) is 0.661. The fourth-order valence-corrected chi connectivity index (χ4v) is 3.88. The van der Waals surface area contributed by atoms with Crippen molar-refractivity contribution < 1.29 is 0 Å². The smallest absolute Gasteiger partial charge is 0.127 e. The monoisotopic (exact) mass is 293 g/mol. The molecule has 2 N–H and O–H groups in total. The van der Waals surface area contributed by atoms with Gasteiger partial charge in [0.25, 0.3) is 0 Å². The van der Waals surface area contributed by atoms with Crippen molar-refractivity contribution in [1.82, 2.24) is 9.55 Å². The molecule has 0 bridgehead atoms. The highest BCUT2D eigenvalue weighted by Crippen LogP contribution is 2.43. The lowest BCUT2D eigenvalue weighted by atomic mass is 9.88. The Hall–Kier alpha value is -0.640. The van der Waals surface area contributed by atoms with Crippen LogP contribution in [-0.2, 0) is 6.42 Å². The second kappa shape index (κ2) is 6.42. The predicted octanol–water partition coefficient (Wildman–Crippen LogP) is 4.14. The van der Waals surface area contributed by atoms with Gasteiger partial charge in [-0.05, 0) is 50.5 Å². The molecule has 0 aliphatic heterocycles. The lowest BCUT2D eigenvalue weighted by Crippen LogP contribution is -2.12. The summed E-state index contributed by atoms with van der Waals surface area (Å²) in [5.74, 6) is 4.17. The van der Waals surface area contributed by atoms with E-state index in [9.17, 15) is 0 Å². The van der Waals surface area contributed by atoms with Gasteiger partial charge in [-0.3, -0.25) is 0 Å². The van der Waals surface area contributed by atoms with E-state index < -0.39 is 0 Å². The molecule has 3 rings (SSSR count). The standard InChI is InChI=1S/C16H27N3S/c1-20-11-5-8-14-15(17)19(13-9-10-13)16(18-14)12-6-3-2-4-7-12/h12-13H,2-11,17H2,1H3. The molecule has 1 aromatic heterocycles. The number of aromatic nitrogens is 2. The molecule has 2 aliphatic carbocycles. The first-order valence-electron chi connectivity index (χ1n) is 8.16. The molecule has 1 aromatic rings. The molecule has 1 heterocycles. The number of nitrogen functional groups attached to an aromatic ring is 1. The summed E-state index contributed by atoms with van der Waals surface area (Å²) in [6.45, 7) is 0. The first-order valence-corrected chi connectivity index (χ1v) is 9.56. The third-order valence-electron chi connectivity index (χ3n) is 4.70. The third kappa shape index (κ3) is 3.00. The van der Waals surface area contributed by atoms with Crippen LogP contribution < -0.4 is 5.73 Å². The Morgan fingerprint density at radius 2 is 1.95 bits per heavy atom. The maximum Gasteiger partial charge on any atom is 0.127 e. The second-order valence-electron chi connectivity index (χ2n) is 6.33. The molecule has 20 heavy (non-hydrogen) atoms. The fourth-order valence-electron chi connectivity index (χ4n) is 3.45. The van der Waals surface area contributed by atoms with E-state index in [1.807, 2.05) is 11.8 Å². The van der Waals surface area contributed by atoms with Crippen LogP contribution >= 0.6 is 11.8 Å². The average molecular weight is 293 g/mol. The molecule has 2 saturated carbocycles. The highest BCUT2D eigenvalue weighted by Gasteiger charge is 2.32. The van der Waals surface area contributed by atoms with E-state index in [2.05, 4.69) is 10.8 Å². The van der Waals surface area contributed by atoms with Crippen LogP contribution in [0.25, 0.3) is 0 Å². The van der Waals surface area contributed by atoms with Gasteiger partial charge in [0, 0.05) is 12.0 Å². The molecule has 2 aliphatic rings. The molecule has 0 saturated heterocycles. The van der Waals surface area contributed by atoms with Crippen LogP contribution in [0, 0.1) is 0 Å². The molecule has 0 radical (unpaired) electrons. The maximum absolute atomic E-state index is 6.43. The Bertz CT molecular complexity index is 445. The molecule has 4 heteroatoms. The van der Waals surface area contributed by atoms with Crippen molar-refractivity contribution in [2.75, 3.05) is 17.7 Å². The SMILES string of the molecule is CSCCCc1nc(C2CCCCC2)n(C2CC2)c1N. The lowest BCUT2D eigenvalue weighted by Gasteiger charge is -2.22. The fraction of sp³-hybridized carbons (Fsp3) is 0.812. The lowest BCUT2D eigenvalue weighted by molar-refractivity contribution is 0.416. The highest BCUT2D eigenvalue weighted by atomic mass is 32.2. The Morgan fingerprint density at radius 1 is 1.20 bits per heavy atom. The number of aryl methyl sites for hydroxylation is 1. The van der Waals surface area contributed by atoms with E-state index in [0.717, 1.165) is 12.2 Å². The van der Waals surface area contributed by atoms with Gasteiger partial charge in [0.1, 0.15) is 11.6 Å². The van der Waals surface area contributed by atoms with Gasteiger partial charge in [0.05, 0.1) is 5.69 Å². The molecule has 112 valence electrons. The summed E-state index contributed by atoms with van der Waals surface area (Å²) in [6.07, 6.45) is 13.8. The Balaban J connectivity index is 1.81. The van der Waals surface area contributed by atoms with Gasteiger partial charge in [0.15, 0.2) is 0 Å². The van der Waals surface area contributed by atoms with Crippen molar-refractivity contribution in [2.24, 2.45) is 0 Å². The van der Waals surface area contributed by atoms with Crippen LogP contribution in [-0.4, -0.2) is 21.6 Å². The largest absolute Gasteiger partial charge is 0.384 e. The molecule has 0 amide bonds. The Kier molecular flexibility index (Phi) is 4.59. The number of rotatable bonds is 6. The average Bonchev–Trinajstić information content (AvgIpc) is 3.26. The summed E-state index contributed by atoms with van der Waals surface area (Å²) in [5.41, 5.74) is 7.60. The number of thioether (sulfide) groups is 1. The van der Waals surface area contributed by atoms with Crippen LogP contribution in [0.2, 0.25) is 0 Å². The minimum atomic E-state index is 0.661. The van der Waals surface area contributed by atoms with Crippen LogP contribution in [0.3, 0.4) is 0 Å². The molecule has 0 unspecified atom stereocenters. The third-order valence-corrected chi connectivity index (χ3v) is 5.39. The molecule has 3 nitrogen and oxygen atoms in total. The maximum atomic E-state index is 6.43. The minimum Gasteiger partial charge on any atom is -0.384 e. The summed E-state index contributed by atoms with van der Waals surface area (Å²) in [5, 5.41) is 0. The summed E-state index contributed by atoms with van der Waals surface area (Å²) in [4.78, 5) is 5.00. The number of nitrogens with two attached hydrogens (primary N) is 1. The number of nitrogens with zero attached hydrogens (tertiary/aromatic N) is 2. The van der Waals surface area contributed by atoms with Gasteiger partial charge >= 0.3 is 0 Å². The number of anilines is 1. The van der Waals surface area contributed by atoms with Gasteiger partial charge in [-0.25, -0.2) is 4.98 Å². The van der Waals surface area contributed by atoms with E-state index >= 15 is 0 Å². The van der Waals surface area contributed by atoms with Gasteiger partial charge in [-0.15, -0.1) is 0 Å². The zero-order valence-corrected chi connectivity index (χ0v) is 13.4. The molecular weight excluding hydrogens is 266 g/mol. The molecule has 0 aromatic carbocycles. The summed E-state index contributed by atoms with van der Waals surface area (Å²) < 4.78 is 2.41. The Labute approximate surface area is 126 Å². The normalized spacial score (nSPS) is 20.4. The summed E-state index contributed by atoms with van der Waals surface area (Å²) >= 11 is 1.91. The first-order chi connectivity index (χ1) is 9.81. The van der Waals surface area contributed by atoms with E-state index in [-0.39, 0.29) is 0 Å². The van der Waals surface area contributed by atoms with Crippen molar-refractivity contribution in [1.29, 1.82) is 0 Å². The van der Waals surface area contributed by atoms with Crippen LogP contribution in [0.1, 0.15) is 74.8 Å². The van der Waals surface area contributed by atoms with E-state index in [4.69, 9.17) is 10.7 Å². The van der Waals surface area contributed by atoms with Crippen molar-refractivity contribution in [3.63, 3.8) is 0 Å².